The smallest absolute Gasteiger partial charge is 0.335 e. The number of urea groups is 1. The molecule has 0 aliphatic carbocycles. The van der Waals surface area contributed by atoms with E-state index in [1.807, 2.05) is 18.2 Å². The molecule has 4 amide bonds. The van der Waals surface area contributed by atoms with Gasteiger partial charge in [-0.25, -0.2) is 9.69 Å². The van der Waals surface area contributed by atoms with Crippen molar-refractivity contribution in [3.05, 3.63) is 95.9 Å². The van der Waals surface area contributed by atoms with Crippen molar-refractivity contribution in [1.82, 2.24) is 5.32 Å². The molecule has 4 rings (SSSR count). The van der Waals surface area contributed by atoms with E-state index in [0.717, 1.165) is 10.5 Å². The zero-order valence-electron chi connectivity index (χ0n) is 18.1. The van der Waals surface area contributed by atoms with Crippen molar-refractivity contribution in [3.63, 3.8) is 0 Å². The number of carbonyl (C=O) groups is 3. The number of nitrogens with zero attached hydrogens (tertiary/aromatic N) is 1. The summed E-state index contributed by atoms with van der Waals surface area (Å²) in [6.45, 7) is 1.98. The predicted octanol–water partition coefficient (Wildman–Crippen LogP) is 7.07. The summed E-state index contributed by atoms with van der Waals surface area (Å²) in [5.74, 6) is -1.02. The first kappa shape index (κ1) is 25.4. The van der Waals surface area contributed by atoms with Gasteiger partial charge in [-0.15, -0.1) is 0 Å². The van der Waals surface area contributed by atoms with Crippen LogP contribution in [0.2, 0.25) is 10.0 Å². The number of imide groups is 2. The number of hydrogen-bond acceptors (Lipinski definition) is 4. The monoisotopic (exact) mass is 636 g/mol. The Morgan fingerprint density at radius 1 is 1.00 bits per heavy atom. The van der Waals surface area contributed by atoms with Crippen molar-refractivity contribution in [2.45, 2.75) is 13.5 Å². The van der Waals surface area contributed by atoms with Gasteiger partial charge in [0.15, 0.2) is 0 Å². The van der Waals surface area contributed by atoms with Gasteiger partial charge in [0.2, 0.25) is 0 Å². The minimum Gasteiger partial charge on any atom is -0.486 e. The summed E-state index contributed by atoms with van der Waals surface area (Å²) in [5.41, 5.74) is 2.10. The van der Waals surface area contributed by atoms with Crippen LogP contribution in [0.25, 0.3) is 6.08 Å². The number of halogens is 4. The number of rotatable bonds is 5. The zero-order chi connectivity index (χ0) is 25.3. The van der Waals surface area contributed by atoms with Crippen LogP contribution in [-0.4, -0.2) is 17.8 Å². The number of anilines is 1. The molecule has 0 saturated carbocycles. The van der Waals surface area contributed by atoms with E-state index in [1.54, 1.807) is 37.3 Å². The van der Waals surface area contributed by atoms with Crippen LogP contribution < -0.4 is 15.0 Å². The van der Waals surface area contributed by atoms with Gasteiger partial charge in [0, 0.05) is 15.6 Å². The summed E-state index contributed by atoms with van der Waals surface area (Å²) < 4.78 is 7.11. The second kappa shape index (κ2) is 10.5. The molecule has 0 unspecified atom stereocenters. The lowest BCUT2D eigenvalue weighted by Crippen LogP contribution is -2.54. The minimum absolute atomic E-state index is 0.201. The first-order chi connectivity index (χ1) is 16.7. The molecule has 0 atom stereocenters. The lowest BCUT2D eigenvalue weighted by molar-refractivity contribution is -0.122. The Morgan fingerprint density at radius 3 is 2.37 bits per heavy atom. The maximum atomic E-state index is 13.2. The molecule has 0 aromatic heterocycles. The van der Waals surface area contributed by atoms with Gasteiger partial charge in [0.25, 0.3) is 11.8 Å². The third-order valence-electron chi connectivity index (χ3n) is 5.18. The lowest BCUT2D eigenvalue weighted by atomic mass is 10.1. The highest BCUT2D eigenvalue weighted by Crippen LogP contribution is 2.37. The minimum atomic E-state index is -0.840. The highest BCUT2D eigenvalue weighted by molar-refractivity contribution is 9.11. The van der Waals surface area contributed by atoms with Gasteiger partial charge < -0.3 is 4.74 Å². The zero-order valence-corrected chi connectivity index (χ0v) is 22.8. The first-order valence-electron chi connectivity index (χ1n) is 10.2. The summed E-state index contributed by atoms with van der Waals surface area (Å²) in [6, 6.07) is 14.8. The third kappa shape index (κ3) is 5.46. The topological polar surface area (TPSA) is 75.7 Å². The number of nitrogens with one attached hydrogen (secondary N) is 1. The maximum absolute atomic E-state index is 13.2. The van der Waals surface area contributed by atoms with Crippen molar-refractivity contribution in [2.75, 3.05) is 4.90 Å². The van der Waals surface area contributed by atoms with Crippen LogP contribution in [-0.2, 0) is 16.2 Å². The molecule has 3 aromatic carbocycles. The Morgan fingerprint density at radius 2 is 1.69 bits per heavy atom. The molecule has 0 radical (unpaired) electrons. The Balaban J connectivity index is 1.64. The van der Waals surface area contributed by atoms with Crippen molar-refractivity contribution in [3.8, 4) is 5.75 Å². The molecule has 10 heteroatoms. The van der Waals surface area contributed by atoms with Gasteiger partial charge in [0.1, 0.15) is 17.9 Å². The van der Waals surface area contributed by atoms with Crippen LogP contribution in [0.3, 0.4) is 0 Å². The molecule has 1 N–H and O–H groups in total. The Hall–Kier alpha value is -2.65. The fourth-order valence-corrected chi connectivity index (χ4v) is 5.24. The van der Waals surface area contributed by atoms with E-state index in [9.17, 15) is 14.4 Å². The molecule has 6 nitrogen and oxygen atoms in total. The molecular formula is C25H16Br2Cl2N2O4. The summed E-state index contributed by atoms with van der Waals surface area (Å²) in [6.07, 6.45) is 1.41. The molecular weight excluding hydrogens is 623 g/mol. The van der Waals surface area contributed by atoms with Gasteiger partial charge in [0.05, 0.1) is 14.6 Å². The van der Waals surface area contributed by atoms with Crippen LogP contribution in [0.15, 0.2) is 69.1 Å². The Kier molecular flexibility index (Phi) is 7.66. The lowest BCUT2D eigenvalue weighted by Gasteiger charge is -2.27. The van der Waals surface area contributed by atoms with Gasteiger partial charge in [-0.3, -0.25) is 14.9 Å². The fraction of sp³-hybridized carbons (Fsp3) is 0.0800. The molecule has 1 fully saturated rings. The second-order valence-corrected chi connectivity index (χ2v) is 10.1. The van der Waals surface area contributed by atoms with E-state index < -0.39 is 17.8 Å². The number of barbiturate groups is 1. The molecule has 1 aliphatic rings. The molecule has 35 heavy (non-hydrogen) atoms. The van der Waals surface area contributed by atoms with Gasteiger partial charge in [-0.05, 0) is 86.3 Å². The summed E-state index contributed by atoms with van der Waals surface area (Å²) in [7, 11) is 0. The fourth-order valence-electron chi connectivity index (χ4n) is 3.43. The molecule has 1 aliphatic heterocycles. The summed E-state index contributed by atoms with van der Waals surface area (Å²) in [4.78, 5) is 39.2. The molecule has 178 valence electrons. The molecule has 1 saturated heterocycles. The van der Waals surface area contributed by atoms with Crippen molar-refractivity contribution >= 4 is 84.7 Å². The number of hydrogen-bond donors (Lipinski definition) is 1. The summed E-state index contributed by atoms with van der Waals surface area (Å²) in [5, 5.41) is 3.16. The Labute approximate surface area is 228 Å². The quantitative estimate of drug-likeness (QED) is 0.240. The van der Waals surface area contributed by atoms with E-state index in [1.165, 1.54) is 12.1 Å². The number of aryl methyl sites for hydroxylation is 1. The number of amides is 4. The molecule has 1 heterocycles. The first-order valence-corrected chi connectivity index (χ1v) is 12.5. The largest absolute Gasteiger partial charge is 0.486 e. The molecule has 0 spiro atoms. The van der Waals surface area contributed by atoms with E-state index >= 15 is 0 Å². The van der Waals surface area contributed by atoms with Gasteiger partial charge >= 0.3 is 6.03 Å². The van der Waals surface area contributed by atoms with E-state index in [-0.39, 0.29) is 12.2 Å². The summed E-state index contributed by atoms with van der Waals surface area (Å²) >= 11 is 19.2. The normalized spacial score (nSPS) is 14.9. The molecule has 0 bridgehead atoms. The van der Waals surface area contributed by atoms with Crippen LogP contribution >= 0.6 is 55.1 Å². The van der Waals surface area contributed by atoms with Crippen LogP contribution in [0.4, 0.5) is 10.5 Å². The van der Waals surface area contributed by atoms with Crippen molar-refractivity contribution in [1.29, 1.82) is 0 Å². The number of benzene rings is 3. The van der Waals surface area contributed by atoms with E-state index in [2.05, 4.69) is 37.2 Å². The SMILES string of the molecule is Cc1ccc(Cl)cc1N1C(=O)NC(=O)/C(=C\c2cc(Br)c(OCc3ccccc3Cl)c(Br)c2)C1=O. The Bertz CT molecular complexity index is 1380. The standard InChI is InChI=1S/C25H16Br2Cl2N2O4/c1-13-6-7-16(28)11-21(13)31-24(33)17(23(32)30-25(31)34)8-14-9-18(26)22(19(27)10-14)35-12-15-4-2-3-5-20(15)29/h2-11H,12H2,1H3,(H,30,32,34)/b17-8+. The average Bonchev–Trinajstić information content (AvgIpc) is 2.79. The second-order valence-electron chi connectivity index (χ2n) is 7.58. The predicted molar refractivity (Wildman–Crippen MR) is 143 cm³/mol. The average molecular weight is 639 g/mol. The van der Waals surface area contributed by atoms with Crippen LogP contribution in [0.5, 0.6) is 5.75 Å². The van der Waals surface area contributed by atoms with Gasteiger partial charge in [-0.2, -0.15) is 0 Å². The maximum Gasteiger partial charge on any atom is 0.335 e. The third-order valence-corrected chi connectivity index (χ3v) is 6.96. The van der Waals surface area contributed by atoms with Crippen LogP contribution in [0.1, 0.15) is 16.7 Å². The van der Waals surface area contributed by atoms with E-state index in [4.69, 9.17) is 27.9 Å². The number of carbonyl (C=O) groups excluding carboxylic acids is 3. The van der Waals surface area contributed by atoms with Gasteiger partial charge in [-0.1, -0.05) is 47.5 Å². The van der Waals surface area contributed by atoms with E-state index in [0.29, 0.717) is 41.6 Å². The molecule has 3 aromatic rings. The number of ether oxygens (including phenoxy) is 1. The highest BCUT2D eigenvalue weighted by Gasteiger charge is 2.37. The highest BCUT2D eigenvalue weighted by atomic mass is 79.9. The van der Waals surface area contributed by atoms with Crippen molar-refractivity contribution < 1.29 is 19.1 Å². The van der Waals surface area contributed by atoms with Crippen LogP contribution in [0, 0.1) is 6.92 Å². The van der Waals surface area contributed by atoms with Crippen molar-refractivity contribution in [2.24, 2.45) is 0 Å².